The topological polar surface area (TPSA) is 45.4 Å². The van der Waals surface area contributed by atoms with E-state index in [0.717, 1.165) is 16.8 Å². The van der Waals surface area contributed by atoms with Gasteiger partial charge in [-0.05, 0) is 31.5 Å². The molecule has 72 valence electrons. The van der Waals surface area contributed by atoms with Crippen molar-refractivity contribution in [3.8, 4) is 6.07 Å². The number of hydrogen-bond acceptors (Lipinski definition) is 3. The van der Waals surface area contributed by atoms with Crippen LogP contribution in [0.3, 0.4) is 0 Å². The van der Waals surface area contributed by atoms with Gasteiger partial charge in [-0.15, -0.1) is 0 Å². The monoisotopic (exact) mass is 188 g/mol. The number of nitrogens with zero attached hydrogens (tertiary/aromatic N) is 2. The number of nitriles is 1. The van der Waals surface area contributed by atoms with Gasteiger partial charge in [-0.1, -0.05) is 11.2 Å². The van der Waals surface area contributed by atoms with Crippen LogP contribution in [0.1, 0.15) is 23.6 Å². The van der Waals surface area contributed by atoms with E-state index < -0.39 is 0 Å². The molecular weight excluding hydrogens is 176 g/mol. The summed E-state index contributed by atoms with van der Waals surface area (Å²) in [6, 6.07) is 7.59. The molecule has 1 rings (SSSR count). The summed E-state index contributed by atoms with van der Waals surface area (Å²) in [6.07, 6.45) is 0. The van der Waals surface area contributed by atoms with Crippen LogP contribution in [0.4, 0.5) is 0 Å². The molecule has 0 amide bonds. The van der Waals surface area contributed by atoms with E-state index in [2.05, 4.69) is 11.2 Å². The maximum atomic E-state index is 8.69. The minimum Gasteiger partial charge on any atom is -0.399 e. The SMILES string of the molecule is CO/N=C(\C)c1ccc(C#N)cc1C. The lowest BCUT2D eigenvalue weighted by Gasteiger charge is -2.04. The molecule has 14 heavy (non-hydrogen) atoms. The van der Waals surface area contributed by atoms with Crippen LogP contribution in [0.2, 0.25) is 0 Å². The van der Waals surface area contributed by atoms with Gasteiger partial charge in [-0.25, -0.2) is 0 Å². The Hall–Kier alpha value is -1.82. The van der Waals surface area contributed by atoms with E-state index in [9.17, 15) is 0 Å². The molecule has 0 saturated heterocycles. The highest BCUT2D eigenvalue weighted by Gasteiger charge is 2.03. The molecule has 3 nitrogen and oxygen atoms in total. The van der Waals surface area contributed by atoms with Crippen LogP contribution < -0.4 is 0 Å². The normalized spacial score (nSPS) is 10.9. The van der Waals surface area contributed by atoms with Crippen LogP contribution in [-0.2, 0) is 4.84 Å². The molecule has 0 saturated carbocycles. The molecule has 1 aromatic carbocycles. The third-order valence-corrected chi connectivity index (χ3v) is 1.97. The average molecular weight is 188 g/mol. The Balaban J connectivity index is 3.13. The van der Waals surface area contributed by atoms with Crippen LogP contribution in [0, 0.1) is 18.3 Å². The van der Waals surface area contributed by atoms with Crippen molar-refractivity contribution in [1.29, 1.82) is 5.26 Å². The van der Waals surface area contributed by atoms with E-state index in [1.807, 2.05) is 26.0 Å². The van der Waals surface area contributed by atoms with Crippen LogP contribution >= 0.6 is 0 Å². The van der Waals surface area contributed by atoms with Gasteiger partial charge in [0.25, 0.3) is 0 Å². The molecular formula is C11H12N2O. The van der Waals surface area contributed by atoms with Gasteiger partial charge in [0.2, 0.25) is 0 Å². The second-order valence-corrected chi connectivity index (χ2v) is 3.00. The Morgan fingerprint density at radius 1 is 1.50 bits per heavy atom. The van der Waals surface area contributed by atoms with Gasteiger partial charge in [0, 0.05) is 5.56 Å². The largest absolute Gasteiger partial charge is 0.399 e. The van der Waals surface area contributed by atoms with Crippen LogP contribution in [-0.4, -0.2) is 12.8 Å². The smallest absolute Gasteiger partial charge is 0.106 e. The number of oxime groups is 1. The fourth-order valence-electron chi connectivity index (χ4n) is 1.33. The summed E-state index contributed by atoms with van der Waals surface area (Å²) in [5.74, 6) is 0. The zero-order chi connectivity index (χ0) is 10.6. The molecule has 0 heterocycles. The van der Waals surface area contributed by atoms with Crippen molar-refractivity contribution in [2.45, 2.75) is 13.8 Å². The first-order valence-corrected chi connectivity index (χ1v) is 4.28. The highest BCUT2D eigenvalue weighted by molar-refractivity contribution is 5.99. The second-order valence-electron chi connectivity index (χ2n) is 3.00. The summed E-state index contributed by atoms with van der Waals surface area (Å²) in [4.78, 5) is 4.69. The molecule has 0 atom stereocenters. The molecule has 0 aliphatic rings. The van der Waals surface area contributed by atoms with Gasteiger partial charge in [0.1, 0.15) is 7.11 Å². The Labute approximate surface area is 83.6 Å². The van der Waals surface area contributed by atoms with E-state index in [0.29, 0.717) is 5.56 Å². The average Bonchev–Trinajstić information content (AvgIpc) is 2.17. The predicted molar refractivity (Wildman–Crippen MR) is 55.1 cm³/mol. The van der Waals surface area contributed by atoms with Gasteiger partial charge in [0.05, 0.1) is 17.3 Å². The van der Waals surface area contributed by atoms with Crippen molar-refractivity contribution >= 4 is 5.71 Å². The van der Waals surface area contributed by atoms with Gasteiger partial charge >= 0.3 is 0 Å². The zero-order valence-corrected chi connectivity index (χ0v) is 8.53. The molecule has 0 aromatic heterocycles. The molecule has 0 radical (unpaired) electrons. The predicted octanol–water partition coefficient (Wildman–Crippen LogP) is 2.24. The van der Waals surface area contributed by atoms with Crippen molar-refractivity contribution in [2.75, 3.05) is 7.11 Å². The highest BCUT2D eigenvalue weighted by atomic mass is 16.6. The Bertz CT molecular complexity index is 402. The van der Waals surface area contributed by atoms with E-state index in [-0.39, 0.29) is 0 Å². The van der Waals surface area contributed by atoms with Crippen molar-refractivity contribution in [1.82, 2.24) is 0 Å². The lowest BCUT2D eigenvalue weighted by Crippen LogP contribution is -1.98. The van der Waals surface area contributed by atoms with E-state index >= 15 is 0 Å². The molecule has 1 aromatic rings. The standard InChI is InChI=1S/C11H12N2O/c1-8-6-10(7-12)4-5-11(8)9(2)13-14-3/h4-6H,1-3H3/b13-9+. The maximum Gasteiger partial charge on any atom is 0.106 e. The first-order valence-electron chi connectivity index (χ1n) is 4.28. The van der Waals surface area contributed by atoms with Crippen molar-refractivity contribution in [2.24, 2.45) is 5.16 Å². The maximum absolute atomic E-state index is 8.69. The summed E-state index contributed by atoms with van der Waals surface area (Å²) in [5.41, 5.74) is 3.51. The van der Waals surface area contributed by atoms with E-state index in [4.69, 9.17) is 10.1 Å². The molecule has 0 N–H and O–H groups in total. The fourth-order valence-corrected chi connectivity index (χ4v) is 1.33. The van der Waals surface area contributed by atoms with Crippen molar-refractivity contribution in [3.63, 3.8) is 0 Å². The quantitative estimate of drug-likeness (QED) is 0.527. The number of aryl methyl sites for hydroxylation is 1. The van der Waals surface area contributed by atoms with E-state index in [1.165, 1.54) is 7.11 Å². The van der Waals surface area contributed by atoms with Crippen LogP contribution in [0.25, 0.3) is 0 Å². The van der Waals surface area contributed by atoms with E-state index in [1.54, 1.807) is 6.07 Å². The molecule has 0 spiro atoms. The molecule has 0 unspecified atom stereocenters. The zero-order valence-electron chi connectivity index (χ0n) is 8.53. The summed E-state index contributed by atoms with van der Waals surface area (Å²) < 4.78 is 0. The first kappa shape index (κ1) is 10.3. The van der Waals surface area contributed by atoms with Gasteiger partial charge in [-0.3, -0.25) is 0 Å². The minimum atomic E-state index is 0.663. The molecule has 3 heteroatoms. The number of benzene rings is 1. The van der Waals surface area contributed by atoms with Gasteiger partial charge in [-0.2, -0.15) is 5.26 Å². The first-order chi connectivity index (χ1) is 6.69. The molecule has 0 fully saturated rings. The van der Waals surface area contributed by atoms with Crippen LogP contribution in [0.5, 0.6) is 0 Å². The van der Waals surface area contributed by atoms with Gasteiger partial charge in [0.15, 0.2) is 0 Å². The number of hydrogen-bond donors (Lipinski definition) is 0. The Morgan fingerprint density at radius 2 is 2.21 bits per heavy atom. The lowest BCUT2D eigenvalue weighted by molar-refractivity contribution is 0.213. The molecule has 0 bridgehead atoms. The Morgan fingerprint density at radius 3 is 2.71 bits per heavy atom. The lowest BCUT2D eigenvalue weighted by atomic mass is 10.0. The van der Waals surface area contributed by atoms with Crippen molar-refractivity contribution in [3.05, 3.63) is 34.9 Å². The summed E-state index contributed by atoms with van der Waals surface area (Å²) in [7, 11) is 1.52. The third kappa shape index (κ3) is 2.11. The molecule has 0 aliphatic heterocycles. The minimum absolute atomic E-state index is 0.663. The number of rotatable bonds is 2. The Kier molecular flexibility index (Phi) is 3.24. The van der Waals surface area contributed by atoms with Crippen LogP contribution in [0.15, 0.2) is 23.4 Å². The summed E-state index contributed by atoms with van der Waals surface area (Å²) in [5, 5.41) is 12.5. The summed E-state index contributed by atoms with van der Waals surface area (Å²) in [6.45, 7) is 3.82. The summed E-state index contributed by atoms with van der Waals surface area (Å²) >= 11 is 0. The molecule has 0 aliphatic carbocycles. The van der Waals surface area contributed by atoms with Gasteiger partial charge < -0.3 is 4.84 Å². The fraction of sp³-hybridized carbons (Fsp3) is 0.273. The third-order valence-electron chi connectivity index (χ3n) is 1.97. The second kappa shape index (κ2) is 4.43. The van der Waals surface area contributed by atoms with Crippen molar-refractivity contribution < 1.29 is 4.84 Å². The highest BCUT2D eigenvalue weighted by Crippen LogP contribution is 2.11.